The van der Waals surface area contributed by atoms with Crippen molar-refractivity contribution in [2.45, 2.75) is 13.1 Å². The van der Waals surface area contributed by atoms with Crippen molar-refractivity contribution >= 4 is 29.4 Å². The molecule has 1 aromatic heterocycles. The van der Waals surface area contributed by atoms with Gasteiger partial charge in [0, 0.05) is 22.1 Å². The summed E-state index contributed by atoms with van der Waals surface area (Å²) in [5.41, 5.74) is 16.1. The molecule has 0 aliphatic carbocycles. The monoisotopic (exact) mass is 718 g/mol. The normalized spacial score (nSPS) is 12.7. The van der Waals surface area contributed by atoms with E-state index in [4.69, 9.17) is 9.97 Å². The van der Waals surface area contributed by atoms with Crippen molar-refractivity contribution in [1.82, 2.24) is 9.97 Å². The number of fused-ring (bicyclic) bond motifs is 5. The van der Waals surface area contributed by atoms with Gasteiger partial charge in [0.05, 0.1) is 11.2 Å². The van der Waals surface area contributed by atoms with Crippen LogP contribution < -0.4 is 10.4 Å². The first-order chi connectivity index (χ1) is 27.0. The van der Waals surface area contributed by atoms with E-state index in [9.17, 15) is 0 Å². The maximum Gasteiger partial charge on any atom is 0.160 e. The number of hydrogen-bond acceptors (Lipinski definition) is 2. The fraction of sp³-hybridized carbons (Fsp3) is 0.0385. The lowest BCUT2D eigenvalue weighted by molar-refractivity contribution is 1.23. The lowest BCUT2D eigenvalue weighted by Crippen LogP contribution is -2.49. The fourth-order valence-corrected chi connectivity index (χ4v) is 11.5. The molecule has 8 aromatic carbocycles. The molecule has 0 saturated carbocycles. The summed E-state index contributed by atoms with van der Waals surface area (Å²) in [4.78, 5) is 10.8. The van der Waals surface area contributed by atoms with Gasteiger partial charge in [-0.1, -0.05) is 177 Å². The molecule has 10 rings (SSSR count). The average Bonchev–Trinajstić information content (AvgIpc) is 3.50. The third-order valence-electron chi connectivity index (χ3n) is 11.3. The summed E-state index contributed by atoms with van der Waals surface area (Å²) in [5.74, 6) is 0.740. The van der Waals surface area contributed by atoms with Crippen LogP contribution in [-0.4, -0.2) is 18.0 Å². The summed E-state index contributed by atoms with van der Waals surface area (Å²) in [6, 6.07) is 70.0. The molecule has 0 fully saturated rings. The first-order valence-corrected chi connectivity index (χ1v) is 22.0. The van der Waals surface area contributed by atoms with Crippen LogP contribution >= 0.6 is 0 Å². The molecule has 1 aliphatic rings. The molecule has 0 saturated heterocycles. The zero-order valence-corrected chi connectivity index (χ0v) is 31.9. The van der Waals surface area contributed by atoms with Crippen molar-refractivity contribution < 1.29 is 0 Å². The molecular weight excluding hydrogens is 681 g/mol. The van der Waals surface area contributed by atoms with E-state index >= 15 is 0 Å². The average molecular weight is 719 g/mol. The van der Waals surface area contributed by atoms with Gasteiger partial charge in [0.15, 0.2) is 5.82 Å². The minimum absolute atomic E-state index is 0.740. The van der Waals surface area contributed by atoms with Crippen molar-refractivity contribution in [2.75, 3.05) is 0 Å². The van der Waals surface area contributed by atoms with Crippen LogP contribution in [0, 0.1) is 0 Å². The number of benzene rings is 8. The molecule has 0 spiro atoms. The summed E-state index contributed by atoms with van der Waals surface area (Å²) in [6.45, 7) is 4.92. The Bertz CT molecular complexity index is 2820. The molecule has 9 aromatic rings. The predicted octanol–water partition coefficient (Wildman–Crippen LogP) is 12.4. The second kappa shape index (κ2) is 13.3. The van der Waals surface area contributed by atoms with Gasteiger partial charge < -0.3 is 0 Å². The second-order valence-electron chi connectivity index (χ2n) is 15.0. The summed E-state index contributed by atoms with van der Waals surface area (Å²) in [7, 11) is -1.88. The van der Waals surface area contributed by atoms with Crippen LogP contribution in [0.2, 0.25) is 13.1 Å². The number of nitrogens with zero attached hydrogens (tertiary/aromatic N) is 2. The number of hydrogen-bond donors (Lipinski definition) is 0. The molecule has 0 amide bonds. The first kappa shape index (κ1) is 32.9. The van der Waals surface area contributed by atoms with E-state index < -0.39 is 8.07 Å². The van der Waals surface area contributed by atoms with Gasteiger partial charge in [-0.05, 0) is 90.8 Å². The largest absolute Gasteiger partial charge is 0.227 e. The molecule has 0 unspecified atom stereocenters. The van der Waals surface area contributed by atoms with E-state index in [0.717, 1.165) is 44.7 Å². The maximum atomic E-state index is 5.46. The molecule has 0 N–H and O–H groups in total. The zero-order valence-electron chi connectivity index (χ0n) is 30.9. The molecule has 260 valence electrons. The predicted molar refractivity (Wildman–Crippen MR) is 234 cm³/mol. The van der Waals surface area contributed by atoms with Crippen molar-refractivity contribution in [1.29, 1.82) is 0 Å². The lowest BCUT2D eigenvalue weighted by atomic mass is 9.92. The van der Waals surface area contributed by atoms with Crippen LogP contribution in [0.15, 0.2) is 194 Å². The maximum absolute atomic E-state index is 5.46. The summed E-state index contributed by atoms with van der Waals surface area (Å²) in [6.07, 6.45) is 0. The quantitative estimate of drug-likeness (QED) is 0.160. The van der Waals surface area contributed by atoms with E-state index in [0.29, 0.717) is 0 Å². The summed E-state index contributed by atoms with van der Waals surface area (Å²) in [5, 5.41) is 4.01. The van der Waals surface area contributed by atoms with Gasteiger partial charge in [-0.2, -0.15) is 0 Å². The number of aromatic nitrogens is 2. The minimum Gasteiger partial charge on any atom is -0.227 e. The van der Waals surface area contributed by atoms with E-state index in [-0.39, 0.29) is 0 Å². The Labute approximate surface area is 323 Å². The molecule has 1 aliphatic heterocycles. The highest BCUT2D eigenvalue weighted by atomic mass is 28.3. The second-order valence-corrected chi connectivity index (χ2v) is 19.3. The Kier molecular flexibility index (Phi) is 7.97. The Balaban J connectivity index is 1.11. The Morgan fingerprint density at radius 1 is 0.345 bits per heavy atom. The minimum atomic E-state index is -1.88. The van der Waals surface area contributed by atoms with E-state index in [2.05, 4.69) is 207 Å². The van der Waals surface area contributed by atoms with Crippen LogP contribution in [0.25, 0.3) is 89.2 Å². The smallest absolute Gasteiger partial charge is 0.160 e. The van der Waals surface area contributed by atoms with E-state index in [1.165, 1.54) is 54.9 Å². The molecule has 0 bridgehead atoms. The van der Waals surface area contributed by atoms with Gasteiger partial charge in [0.2, 0.25) is 0 Å². The molecule has 55 heavy (non-hydrogen) atoms. The van der Waals surface area contributed by atoms with Crippen LogP contribution in [0.1, 0.15) is 0 Å². The molecule has 0 atom stereocenters. The van der Waals surface area contributed by atoms with Gasteiger partial charge in [0.25, 0.3) is 0 Å². The fourth-order valence-electron chi connectivity index (χ4n) is 8.43. The van der Waals surface area contributed by atoms with Crippen LogP contribution in [-0.2, 0) is 0 Å². The van der Waals surface area contributed by atoms with Crippen LogP contribution in [0.3, 0.4) is 0 Å². The SMILES string of the molecule is C[Si]1(C)c2ccccc2-c2c1ccc1c(-c3ccccc3)nc(-c3cccc(-c4cccc(-c5cc(-c6ccccc6)cc(-c6ccccc6)c5)c4)c3)nc21. The zero-order chi connectivity index (χ0) is 36.9. The Morgan fingerprint density at radius 3 is 1.42 bits per heavy atom. The van der Waals surface area contributed by atoms with E-state index in [1.54, 1.807) is 0 Å². The Morgan fingerprint density at radius 2 is 0.800 bits per heavy atom. The molecule has 3 heteroatoms. The van der Waals surface area contributed by atoms with Gasteiger partial charge >= 0.3 is 0 Å². The Hall–Kier alpha value is -6.68. The highest BCUT2D eigenvalue weighted by Crippen LogP contribution is 2.39. The standard InChI is InChI=1S/C52H38N2Si/c1-55(2)47-27-13-12-26-45(47)49-48(55)29-28-46-50(37-20-10-5-11-21-37)53-52(54-51(46)49)41-25-15-23-39(31-41)38-22-14-24-40(30-38)44-33-42(35-16-6-3-7-17-35)32-43(34-44)36-18-8-4-9-19-36/h3-34H,1-2H3. The van der Waals surface area contributed by atoms with Crippen LogP contribution in [0.4, 0.5) is 0 Å². The highest BCUT2D eigenvalue weighted by molar-refractivity contribution is 7.04. The van der Waals surface area contributed by atoms with Gasteiger partial charge in [-0.15, -0.1) is 0 Å². The molecular formula is C52H38N2Si. The molecule has 0 radical (unpaired) electrons. The third kappa shape index (κ3) is 5.81. The summed E-state index contributed by atoms with van der Waals surface area (Å²) >= 11 is 0. The van der Waals surface area contributed by atoms with Gasteiger partial charge in [-0.3, -0.25) is 0 Å². The van der Waals surface area contributed by atoms with Crippen molar-refractivity contribution in [3.8, 4) is 78.3 Å². The molecule has 2 heterocycles. The van der Waals surface area contributed by atoms with Gasteiger partial charge in [-0.25, -0.2) is 9.97 Å². The summed E-state index contributed by atoms with van der Waals surface area (Å²) < 4.78 is 0. The topological polar surface area (TPSA) is 25.8 Å². The van der Waals surface area contributed by atoms with Crippen molar-refractivity contribution in [3.63, 3.8) is 0 Å². The molecule has 2 nitrogen and oxygen atoms in total. The van der Waals surface area contributed by atoms with Crippen molar-refractivity contribution in [2.24, 2.45) is 0 Å². The number of rotatable bonds is 6. The highest BCUT2D eigenvalue weighted by Gasteiger charge is 2.38. The van der Waals surface area contributed by atoms with Crippen LogP contribution in [0.5, 0.6) is 0 Å². The van der Waals surface area contributed by atoms with Crippen molar-refractivity contribution in [3.05, 3.63) is 194 Å². The van der Waals surface area contributed by atoms with E-state index in [1.807, 2.05) is 0 Å². The lowest BCUT2D eigenvalue weighted by Gasteiger charge is -2.19. The first-order valence-electron chi connectivity index (χ1n) is 19.0. The third-order valence-corrected chi connectivity index (χ3v) is 14.8. The van der Waals surface area contributed by atoms with Gasteiger partial charge in [0.1, 0.15) is 8.07 Å².